The predicted molar refractivity (Wildman–Crippen MR) is 112 cm³/mol. The highest BCUT2D eigenvalue weighted by Crippen LogP contribution is 2.42. The van der Waals surface area contributed by atoms with Gasteiger partial charge in [-0.2, -0.15) is 0 Å². The third-order valence-corrected chi connectivity index (χ3v) is 7.34. The molecule has 2 aromatic carbocycles. The summed E-state index contributed by atoms with van der Waals surface area (Å²) >= 11 is 0. The highest BCUT2D eigenvalue weighted by molar-refractivity contribution is 7.90. The summed E-state index contributed by atoms with van der Waals surface area (Å²) < 4.78 is 27.9. The van der Waals surface area contributed by atoms with E-state index in [4.69, 9.17) is 5.73 Å². The molecular formula is C22H28N2O3S. The lowest BCUT2D eigenvalue weighted by atomic mass is 9.83. The van der Waals surface area contributed by atoms with Gasteiger partial charge in [0.1, 0.15) is 0 Å². The van der Waals surface area contributed by atoms with Crippen LogP contribution in [0, 0.1) is 0 Å². The SMILES string of the molecule is CC(C)S(=O)(=O)NC1CCCC1c1c(CC(N)=O)cccc1-c1ccccc1. The predicted octanol–water partition coefficient (Wildman–Crippen LogP) is 3.35. The van der Waals surface area contributed by atoms with Gasteiger partial charge in [0, 0.05) is 12.0 Å². The average molecular weight is 401 g/mol. The molecule has 1 saturated carbocycles. The fraction of sp³-hybridized carbons (Fsp3) is 0.409. The van der Waals surface area contributed by atoms with Crippen LogP contribution in [0.2, 0.25) is 0 Å². The average Bonchev–Trinajstić information content (AvgIpc) is 3.08. The molecule has 1 amide bonds. The molecular weight excluding hydrogens is 372 g/mol. The van der Waals surface area contributed by atoms with Gasteiger partial charge in [0.15, 0.2) is 0 Å². The summed E-state index contributed by atoms with van der Waals surface area (Å²) in [5.41, 5.74) is 9.53. The van der Waals surface area contributed by atoms with Crippen LogP contribution in [-0.4, -0.2) is 25.6 Å². The maximum atomic E-state index is 12.5. The van der Waals surface area contributed by atoms with Crippen LogP contribution in [0.1, 0.15) is 50.2 Å². The first-order valence-electron chi connectivity index (χ1n) is 9.76. The van der Waals surface area contributed by atoms with E-state index in [-0.39, 0.29) is 24.3 Å². The van der Waals surface area contributed by atoms with Crippen LogP contribution in [0.4, 0.5) is 0 Å². The maximum absolute atomic E-state index is 12.5. The van der Waals surface area contributed by atoms with E-state index in [9.17, 15) is 13.2 Å². The summed E-state index contributed by atoms with van der Waals surface area (Å²) in [5.74, 6) is -0.372. The van der Waals surface area contributed by atoms with Crippen molar-refractivity contribution in [1.29, 1.82) is 0 Å². The minimum Gasteiger partial charge on any atom is -0.369 e. The number of nitrogens with two attached hydrogens (primary N) is 1. The lowest BCUT2D eigenvalue weighted by molar-refractivity contribution is -0.117. The van der Waals surface area contributed by atoms with Gasteiger partial charge in [0.25, 0.3) is 0 Å². The van der Waals surface area contributed by atoms with Gasteiger partial charge in [-0.1, -0.05) is 55.0 Å². The Kier molecular flexibility index (Phi) is 6.20. The Morgan fingerprint density at radius 1 is 1.11 bits per heavy atom. The van der Waals surface area contributed by atoms with Gasteiger partial charge in [-0.3, -0.25) is 4.79 Å². The molecule has 0 aliphatic heterocycles. The van der Waals surface area contributed by atoms with E-state index in [1.165, 1.54) is 0 Å². The van der Waals surface area contributed by atoms with Crippen LogP contribution >= 0.6 is 0 Å². The molecule has 1 aliphatic carbocycles. The largest absolute Gasteiger partial charge is 0.369 e. The number of hydrogen-bond acceptors (Lipinski definition) is 3. The zero-order chi connectivity index (χ0) is 20.3. The molecule has 0 radical (unpaired) electrons. The first kappa shape index (κ1) is 20.6. The van der Waals surface area contributed by atoms with Crippen molar-refractivity contribution in [3.05, 3.63) is 59.7 Å². The second-order valence-corrected chi connectivity index (χ2v) is 10.0. The highest BCUT2D eigenvalue weighted by Gasteiger charge is 2.35. The number of nitrogens with one attached hydrogen (secondary N) is 1. The number of hydrogen-bond donors (Lipinski definition) is 2. The molecule has 0 saturated heterocycles. The van der Waals surface area contributed by atoms with Gasteiger partial charge < -0.3 is 5.73 Å². The number of carbonyl (C=O) groups is 1. The molecule has 3 rings (SSSR count). The Labute approximate surface area is 167 Å². The second-order valence-electron chi connectivity index (χ2n) is 7.74. The molecule has 5 nitrogen and oxygen atoms in total. The molecule has 1 aliphatic rings. The second kappa shape index (κ2) is 8.45. The monoisotopic (exact) mass is 400 g/mol. The van der Waals surface area contributed by atoms with Crippen molar-refractivity contribution in [3.8, 4) is 11.1 Å². The van der Waals surface area contributed by atoms with E-state index in [1.54, 1.807) is 13.8 Å². The van der Waals surface area contributed by atoms with Gasteiger partial charge in [0.2, 0.25) is 15.9 Å². The van der Waals surface area contributed by atoms with Gasteiger partial charge in [0.05, 0.1) is 11.7 Å². The van der Waals surface area contributed by atoms with Gasteiger partial charge in [-0.05, 0) is 48.9 Å². The lowest BCUT2D eigenvalue weighted by Crippen LogP contribution is -2.40. The van der Waals surface area contributed by atoms with E-state index in [1.807, 2.05) is 48.5 Å². The zero-order valence-electron chi connectivity index (χ0n) is 16.4. The summed E-state index contributed by atoms with van der Waals surface area (Å²) in [4.78, 5) is 11.7. The molecule has 0 spiro atoms. The van der Waals surface area contributed by atoms with Gasteiger partial charge >= 0.3 is 0 Å². The Balaban J connectivity index is 2.09. The van der Waals surface area contributed by atoms with E-state index < -0.39 is 15.3 Å². The molecule has 2 unspecified atom stereocenters. The van der Waals surface area contributed by atoms with Crippen LogP contribution < -0.4 is 10.5 Å². The van der Waals surface area contributed by atoms with E-state index in [2.05, 4.69) is 4.72 Å². The highest BCUT2D eigenvalue weighted by atomic mass is 32.2. The Hall–Kier alpha value is -2.18. The third-order valence-electron chi connectivity index (χ3n) is 5.47. The fourth-order valence-corrected chi connectivity index (χ4v) is 5.03. The number of primary amides is 1. The molecule has 2 aromatic rings. The molecule has 150 valence electrons. The molecule has 0 heterocycles. The summed E-state index contributed by atoms with van der Waals surface area (Å²) in [7, 11) is -3.38. The van der Waals surface area contributed by atoms with Crippen LogP contribution in [0.25, 0.3) is 11.1 Å². The summed E-state index contributed by atoms with van der Waals surface area (Å²) in [6.45, 7) is 3.37. The maximum Gasteiger partial charge on any atom is 0.221 e. The standard InChI is InChI=1S/C22H28N2O3S/c1-15(2)28(26,27)24-20-13-7-12-19(20)22-17(14-21(23)25)10-6-11-18(22)16-8-4-3-5-9-16/h3-6,8-11,15,19-20,24H,7,12-14H2,1-2H3,(H2,23,25). The topological polar surface area (TPSA) is 89.3 Å². The van der Waals surface area contributed by atoms with Crippen molar-refractivity contribution >= 4 is 15.9 Å². The number of rotatable bonds is 7. The van der Waals surface area contributed by atoms with Crippen molar-refractivity contribution in [2.45, 2.75) is 56.7 Å². The Morgan fingerprint density at radius 3 is 2.46 bits per heavy atom. The van der Waals surface area contributed by atoms with Crippen molar-refractivity contribution in [2.24, 2.45) is 5.73 Å². The number of benzene rings is 2. The van der Waals surface area contributed by atoms with Crippen LogP contribution in [0.15, 0.2) is 48.5 Å². The van der Waals surface area contributed by atoms with E-state index in [0.717, 1.165) is 41.5 Å². The first-order chi connectivity index (χ1) is 13.3. The fourth-order valence-electron chi connectivity index (χ4n) is 4.06. The molecule has 1 fully saturated rings. The number of sulfonamides is 1. The van der Waals surface area contributed by atoms with E-state index in [0.29, 0.717) is 0 Å². The van der Waals surface area contributed by atoms with Gasteiger partial charge in [-0.25, -0.2) is 13.1 Å². The van der Waals surface area contributed by atoms with Crippen LogP contribution in [-0.2, 0) is 21.2 Å². The molecule has 2 atom stereocenters. The first-order valence-corrected chi connectivity index (χ1v) is 11.3. The minimum atomic E-state index is -3.38. The molecule has 28 heavy (non-hydrogen) atoms. The number of carbonyl (C=O) groups excluding carboxylic acids is 1. The molecule has 3 N–H and O–H groups in total. The molecule has 0 bridgehead atoms. The van der Waals surface area contributed by atoms with E-state index >= 15 is 0 Å². The summed E-state index contributed by atoms with van der Waals surface area (Å²) in [6.07, 6.45) is 2.75. The summed E-state index contributed by atoms with van der Waals surface area (Å²) in [5, 5.41) is -0.483. The smallest absolute Gasteiger partial charge is 0.221 e. The van der Waals surface area contributed by atoms with Crippen molar-refractivity contribution in [3.63, 3.8) is 0 Å². The number of amides is 1. The zero-order valence-corrected chi connectivity index (χ0v) is 17.2. The van der Waals surface area contributed by atoms with Crippen molar-refractivity contribution in [2.75, 3.05) is 0 Å². The Morgan fingerprint density at radius 2 is 1.82 bits per heavy atom. The van der Waals surface area contributed by atoms with Gasteiger partial charge in [-0.15, -0.1) is 0 Å². The third kappa shape index (κ3) is 4.45. The lowest BCUT2D eigenvalue weighted by Gasteiger charge is -2.27. The van der Waals surface area contributed by atoms with Crippen LogP contribution in [0.5, 0.6) is 0 Å². The minimum absolute atomic E-state index is 0.0132. The molecule has 6 heteroatoms. The van der Waals surface area contributed by atoms with Crippen molar-refractivity contribution < 1.29 is 13.2 Å². The van der Waals surface area contributed by atoms with Crippen molar-refractivity contribution in [1.82, 2.24) is 4.72 Å². The molecule has 0 aromatic heterocycles. The normalized spacial score (nSPS) is 19.8. The Bertz CT molecular complexity index is 940. The summed E-state index contributed by atoms with van der Waals surface area (Å²) in [6, 6.07) is 15.7. The quantitative estimate of drug-likeness (QED) is 0.747. The van der Waals surface area contributed by atoms with Crippen LogP contribution in [0.3, 0.4) is 0 Å².